The summed E-state index contributed by atoms with van der Waals surface area (Å²) < 4.78 is 16.1. The highest BCUT2D eigenvalue weighted by molar-refractivity contribution is 5.81. The van der Waals surface area contributed by atoms with E-state index in [1.807, 2.05) is 6.92 Å². The number of fused-ring (bicyclic) bond motifs is 1. The van der Waals surface area contributed by atoms with Crippen LogP contribution in [0.1, 0.15) is 18.9 Å². The summed E-state index contributed by atoms with van der Waals surface area (Å²) in [4.78, 5) is 11.0. The second-order valence-electron chi connectivity index (χ2n) is 4.74. The van der Waals surface area contributed by atoms with Crippen molar-refractivity contribution in [2.24, 2.45) is 0 Å². The van der Waals surface area contributed by atoms with Gasteiger partial charge in [0.25, 0.3) is 0 Å². The fourth-order valence-electron chi connectivity index (χ4n) is 1.88. The van der Waals surface area contributed by atoms with Gasteiger partial charge in [-0.05, 0) is 19.1 Å². The van der Waals surface area contributed by atoms with Crippen LogP contribution in [-0.4, -0.2) is 25.3 Å². The molecule has 0 saturated heterocycles. The maximum Gasteiger partial charge on any atom is 0.330 e. The average Bonchev–Trinajstić information content (AvgIpc) is 2.46. The van der Waals surface area contributed by atoms with Crippen molar-refractivity contribution in [3.8, 4) is 17.6 Å². The van der Waals surface area contributed by atoms with Gasteiger partial charge < -0.3 is 14.2 Å². The predicted molar refractivity (Wildman–Crippen MR) is 71.5 cm³/mol. The van der Waals surface area contributed by atoms with E-state index in [1.54, 1.807) is 24.3 Å². The molecule has 104 valence electrons. The Labute approximate surface area is 117 Å². The van der Waals surface area contributed by atoms with E-state index >= 15 is 0 Å². The van der Waals surface area contributed by atoms with Crippen molar-refractivity contribution in [2.75, 3.05) is 13.7 Å². The highest BCUT2D eigenvalue weighted by Crippen LogP contribution is 2.37. The Bertz CT molecular complexity index is 588. The summed E-state index contributed by atoms with van der Waals surface area (Å²) in [6.45, 7) is 2.26. The normalized spacial score (nSPS) is 20.4. The average molecular weight is 273 g/mol. The van der Waals surface area contributed by atoms with E-state index in [2.05, 4.69) is 10.8 Å². The number of methoxy groups -OCH3 is 1. The summed E-state index contributed by atoms with van der Waals surface area (Å²) >= 11 is 0. The maximum atomic E-state index is 11.0. The molecule has 0 amide bonds. The first-order chi connectivity index (χ1) is 9.56. The van der Waals surface area contributed by atoms with Crippen LogP contribution in [0.4, 0.5) is 0 Å². The molecule has 5 heteroatoms. The molecule has 0 fully saturated rings. The van der Waals surface area contributed by atoms with Crippen molar-refractivity contribution in [1.82, 2.24) is 0 Å². The number of carbonyl (C=O) groups is 1. The Morgan fingerprint density at radius 1 is 1.55 bits per heavy atom. The second kappa shape index (κ2) is 5.66. The summed E-state index contributed by atoms with van der Waals surface area (Å²) in [5.41, 5.74) is -0.0623. The first-order valence-electron chi connectivity index (χ1n) is 6.17. The summed E-state index contributed by atoms with van der Waals surface area (Å²) in [6.07, 6.45) is 3.54. The third kappa shape index (κ3) is 3.09. The third-order valence-corrected chi connectivity index (χ3v) is 2.97. The van der Waals surface area contributed by atoms with Crippen molar-refractivity contribution in [3.63, 3.8) is 0 Å². The molecule has 0 saturated carbocycles. The minimum atomic E-state index is -0.578. The summed E-state index contributed by atoms with van der Waals surface area (Å²) in [5, 5.41) is 8.89. The van der Waals surface area contributed by atoms with Gasteiger partial charge in [0.2, 0.25) is 0 Å². The Balaban J connectivity index is 2.10. The van der Waals surface area contributed by atoms with Gasteiger partial charge >= 0.3 is 5.97 Å². The van der Waals surface area contributed by atoms with Crippen LogP contribution in [0.15, 0.2) is 30.4 Å². The van der Waals surface area contributed by atoms with Gasteiger partial charge in [0, 0.05) is 18.6 Å². The summed E-state index contributed by atoms with van der Waals surface area (Å²) in [5.74, 6) is 0.764. The number of rotatable bonds is 3. The Kier molecular flexibility index (Phi) is 3.94. The number of hydrogen-bond donors (Lipinski definition) is 0. The number of nitrogens with zero attached hydrogens (tertiary/aromatic N) is 1. The molecule has 2 rings (SSSR count). The Morgan fingerprint density at radius 3 is 3.05 bits per heavy atom. The zero-order valence-electron chi connectivity index (χ0n) is 11.4. The summed E-state index contributed by atoms with van der Waals surface area (Å²) in [7, 11) is 1.33. The molecule has 0 aliphatic carbocycles. The Morgan fingerprint density at radius 2 is 2.35 bits per heavy atom. The van der Waals surface area contributed by atoms with Gasteiger partial charge in [-0.2, -0.15) is 5.26 Å². The molecular formula is C15H15NO4. The maximum absolute atomic E-state index is 11.0. The van der Waals surface area contributed by atoms with Gasteiger partial charge in [-0.25, -0.2) is 4.79 Å². The van der Waals surface area contributed by atoms with Crippen LogP contribution in [0, 0.1) is 11.3 Å². The fraction of sp³-hybridized carbons (Fsp3) is 0.333. The molecule has 1 heterocycles. The molecule has 1 atom stereocenters. The van der Waals surface area contributed by atoms with Gasteiger partial charge in [-0.3, -0.25) is 0 Å². The fourth-order valence-corrected chi connectivity index (χ4v) is 1.88. The SMILES string of the molecule is COC(=O)/C=C/CC1(C)COc2ccc(C#N)cc2O1. The van der Waals surface area contributed by atoms with Crippen LogP contribution in [0.2, 0.25) is 0 Å². The third-order valence-electron chi connectivity index (χ3n) is 2.97. The van der Waals surface area contributed by atoms with Gasteiger partial charge in [-0.1, -0.05) is 6.08 Å². The monoisotopic (exact) mass is 273 g/mol. The largest absolute Gasteiger partial charge is 0.486 e. The van der Waals surface area contributed by atoms with Gasteiger partial charge in [0.15, 0.2) is 11.5 Å². The van der Waals surface area contributed by atoms with Gasteiger partial charge in [-0.15, -0.1) is 0 Å². The van der Waals surface area contributed by atoms with Crippen molar-refractivity contribution in [2.45, 2.75) is 18.9 Å². The lowest BCUT2D eigenvalue weighted by molar-refractivity contribution is -0.134. The number of ether oxygens (including phenoxy) is 3. The van der Waals surface area contributed by atoms with Crippen molar-refractivity contribution in [1.29, 1.82) is 5.26 Å². The predicted octanol–water partition coefficient (Wildman–Crippen LogP) is 2.21. The first kappa shape index (κ1) is 13.9. The van der Waals surface area contributed by atoms with E-state index in [1.165, 1.54) is 13.2 Å². The topological polar surface area (TPSA) is 68.5 Å². The van der Waals surface area contributed by atoms with E-state index in [0.717, 1.165) is 0 Å². The highest BCUT2D eigenvalue weighted by atomic mass is 16.6. The van der Waals surface area contributed by atoms with E-state index in [-0.39, 0.29) is 0 Å². The number of carbonyl (C=O) groups excluding carboxylic acids is 1. The minimum absolute atomic E-state index is 0.372. The molecule has 5 nitrogen and oxygen atoms in total. The summed E-state index contributed by atoms with van der Waals surface area (Å²) in [6, 6.07) is 7.11. The van der Waals surface area contributed by atoms with Crippen LogP contribution in [0.25, 0.3) is 0 Å². The molecule has 1 aliphatic rings. The molecule has 20 heavy (non-hydrogen) atoms. The molecule has 0 spiro atoms. The van der Waals surface area contributed by atoms with E-state index in [4.69, 9.17) is 14.7 Å². The zero-order valence-corrected chi connectivity index (χ0v) is 11.4. The van der Waals surface area contributed by atoms with E-state index < -0.39 is 11.6 Å². The van der Waals surface area contributed by atoms with Crippen LogP contribution in [-0.2, 0) is 9.53 Å². The van der Waals surface area contributed by atoms with Crippen LogP contribution < -0.4 is 9.47 Å². The van der Waals surface area contributed by atoms with Crippen molar-refractivity contribution in [3.05, 3.63) is 35.9 Å². The first-order valence-corrected chi connectivity index (χ1v) is 6.17. The number of benzene rings is 1. The number of nitriles is 1. The smallest absolute Gasteiger partial charge is 0.330 e. The second-order valence-corrected chi connectivity index (χ2v) is 4.74. The molecule has 1 aromatic rings. The molecule has 0 bridgehead atoms. The lowest BCUT2D eigenvalue weighted by Gasteiger charge is -2.34. The van der Waals surface area contributed by atoms with Crippen LogP contribution >= 0.6 is 0 Å². The Hall–Kier alpha value is -2.48. The molecule has 1 aliphatic heterocycles. The van der Waals surface area contributed by atoms with Crippen LogP contribution in [0.5, 0.6) is 11.5 Å². The quantitative estimate of drug-likeness (QED) is 0.624. The number of esters is 1. The molecule has 1 aromatic carbocycles. The van der Waals surface area contributed by atoms with Crippen LogP contribution in [0.3, 0.4) is 0 Å². The van der Waals surface area contributed by atoms with Crippen molar-refractivity contribution >= 4 is 5.97 Å². The molecule has 1 unspecified atom stereocenters. The standard InChI is InChI=1S/C15H15NO4/c1-15(7-3-4-14(17)18-2)10-19-12-6-5-11(9-16)8-13(12)20-15/h3-6,8H,7,10H2,1-2H3/b4-3+. The lowest BCUT2D eigenvalue weighted by atomic mass is 10.0. The van der Waals surface area contributed by atoms with Crippen molar-refractivity contribution < 1.29 is 19.0 Å². The zero-order chi connectivity index (χ0) is 14.6. The highest BCUT2D eigenvalue weighted by Gasteiger charge is 2.32. The van der Waals surface area contributed by atoms with Gasteiger partial charge in [0.05, 0.1) is 18.7 Å². The molecule has 0 aromatic heterocycles. The number of hydrogen-bond acceptors (Lipinski definition) is 5. The molecule has 0 radical (unpaired) electrons. The van der Waals surface area contributed by atoms with E-state index in [0.29, 0.717) is 30.1 Å². The molecule has 0 N–H and O–H groups in total. The van der Waals surface area contributed by atoms with Gasteiger partial charge in [0.1, 0.15) is 12.2 Å². The molecular weight excluding hydrogens is 258 g/mol. The lowest BCUT2D eigenvalue weighted by Crippen LogP contribution is -2.41. The minimum Gasteiger partial charge on any atom is -0.486 e. The van der Waals surface area contributed by atoms with E-state index in [9.17, 15) is 4.79 Å².